The van der Waals surface area contributed by atoms with Crippen LogP contribution < -0.4 is 9.47 Å². The molecule has 0 fully saturated rings. The van der Waals surface area contributed by atoms with E-state index in [1.54, 1.807) is 20.4 Å². The first-order chi connectivity index (χ1) is 14.7. The maximum Gasteiger partial charge on any atom is 0.305 e. The molecule has 0 spiro atoms. The molecule has 0 saturated heterocycles. The summed E-state index contributed by atoms with van der Waals surface area (Å²) in [6.45, 7) is 0. The highest BCUT2D eigenvalue weighted by Gasteiger charge is 2.16. The summed E-state index contributed by atoms with van der Waals surface area (Å²) in [6.07, 6.45) is 4.35. The summed E-state index contributed by atoms with van der Waals surface area (Å²) in [7, 11) is 4.70. The fourth-order valence-corrected chi connectivity index (χ4v) is 3.31. The Balaban J connectivity index is 2.21. The van der Waals surface area contributed by atoms with Gasteiger partial charge in [0.2, 0.25) is 0 Å². The molecule has 0 aliphatic rings. The van der Waals surface area contributed by atoms with E-state index in [-0.39, 0.29) is 12.4 Å². The van der Waals surface area contributed by atoms with Crippen molar-refractivity contribution < 1.29 is 19.0 Å². The zero-order valence-electron chi connectivity index (χ0n) is 17.4. The number of rotatable bonds is 8. The molecular weight excluding hydrogens is 378 g/mol. The molecule has 0 aliphatic heterocycles. The lowest BCUT2D eigenvalue weighted by Gasteiger charge is -2.17. The molecule has 5 heteroatoms. The van der Waals surface area contributed by atoms with Crippen molar-refractivity contribution in [1.29, 1.82) is 0 Å². The van der Waals surface area contributed by atoms with E-state index in [1.807, 2.05) is 66.9 Å². The van der Waals surface area contributed by atoms with Gasteiger partial charge in [0.1, 0.15) is 11.5 Å². The van der Waals surface area contributed by atoms with Crippen LogP contribution in [0.5, 0.6) is 11.5 Å². The first-order valence-electron chi connectivity index (χ1n) is 9.65. The minimum absolute atomic E-state index is 0.250. The number of esters is 1. The Hall–Kier alpha value is -3.60. The van der Waals surface area contributed by atoms with Crippen molar-refractivity contribution in [2.24, 2.45) is 0 Å². The standard InChI is InChI=1S/C25H25NO4/c1-28-21-10-6-18(7-11-21)25(19-8-12-22(29-2)13-9-19)23(14-15-24(27)30-3)20-5-4-16-26-17-20/h4-13,16-17H,14-15H2,1-3H3. The van der Waals surface area contributed by atoms with Gasteiger partial charge in [-0.05, 0) is 64.6 Å². The van der Waals surface area contributed by atoms with Crippen molar-refractivity contribution in [2.75, 3.05) is 21.3 Å². The number of carbonyl (C=O) groups excluding carboxylic acids is 1. The van der Waals surface area contributed by atoms with Crippen LogP contribution in [0.15, 0.2) is 73.1 Å². The number of carbonyl (C=O) groups is 1. The van der Waals surface area contributed by atoms with Crippen molar-refractivity contribution in [1.82, 2.24) is 4.98 Å². The number of pyridine rings is 1. The van der Waals surface area contributed by atoms with Gasteiger partial charge in [-0.25, -0.2) is 0 Å². The van der Waals surface area contributed by atoms with Crippen LogP contribution in [0.3, 0.4) is 0 Å². The molecule has 3 rings (SSSR count). The smallest absolute Gasteiger partial charge is 0.305 e. The zero-order chi connectivity index (χ0) is 21.3. The second-order valence-corrected chi connectivity index (χ2v) is 6.63. The number of aromatic nitrogens is 1. The fourth-order valence-electron chi connectivity index (χ4n) is 3.31. The summed E-state index contributed by atoms with van der Waals surface area (Å²) in [6, 6.07) is 19.7. The van der Waals surface area contributed by atoms with Crippen LogP contribution in [0.4, 0.5) is 0 Å². The summed E-state index contributed by atoms with van der Waals surface area (Å²) in [5, 5.41) is 0. The van der Waals surface area contributed by atoms with Crippen LogP contribution in [0.25, 0.3) is 11.1 Å². The van der Waals surface area contributed by atoms with Crippen molar-refractivity contribution in [3.05, 3.63) is 89.7 Å². The van der Waals surface area contributed by atoms with Crippen molar-refractivity contribution in [3.63, 3.8) is 0 Å². The Morgan fingerprint density at radius 3 is 1.77 bits per heavy atom. The molecule has 1 aromatic heterocycles. The van der Waals surface area contributed by atoms with Gasteiger partial charge in [0.05, 0.1) is 21.3 Å². The number of hydrogen-bond donors (Lipinski definition) is 0. The van der Waals surface area contributed by atoms with Crippen LogP contribution in [-0.2, 0) is 9.53 Å². The maximum absolute atomic E-state index is 11.9. The number of allylic oxidation sites excluding steroid dienone is 1. The van der Waals surface area contributed by atoms with Gasteiger partial charge in [0.15, 0.2) is 0 Å². The summed E-state index contributed by atoms with van der Waals surface area (Å²) in [4.78, 5) is 16.2. The van der Waals surface area contributed by atoms with Crippen LogP contribution in [-0.4, -0.2) is 32.3 Å². The predicted octanol–water partition coefficient (Wildman–Crippen LogP) is 5.01. The Labute approximate surface area is 176 Å². The maximum atomic E-state index is 11.9. The van der Waals surface area contributed by atoms with Crippen LogP contribution >= 0.6 is 0 Å². The highest BCUT2D eigenvalue weighted by Crippen LogP contribution is 2.36. The van der Waals surface area contributed by atoms with Crippen molar-refractivity contribution in [3.8, 4) is 11.5 Å². The second-order valence-electron chi connectivity index (χ2n) is 6.63. The molecule has 0 N–H and O–H groups in total. The average Bonchev–Trinajstić information content (AvgIpc) is 2.82. The van der Waals surface area contributed by atoms with Gasteiger partial charge in [0, 0.05) is 18.8 Å². The highest BCUT2D eigenvalue weighted by atomic mass is 16.5. The molecule has 2 aromatic carbocycles. The first-order valence-corrected chi connectivity index (χ1v) is 9.65. The van der Waals surface area contributed by atoms with Crippen LogP contribution in [0.2, 0.25) is 0 Å². The molecule has 0 saturated carbocycles. The average molecular weight is 403 g/mol. The van der Waals surface area contributed by atoms with Gasteiger partial charge >= 0.3 is 5.97 Å². The van der Waals surface area contributed by atoms with Gasteiger partial charge < -0.3 is 14.2 Å². The summed E-state index contributed by atoms with van der Waals surface area (Å²) in [5.74, 6) is 1.32. The van der Waals surface area contributed by atoms with Gasteiger partial charge in [-0.15, -0.1) is 0 Å². The van der Waals surface area contributed by atoms with E-state index in [0.717, 1.165) is 39.3 Å². The molecule has 0 radical (unpaired) electrons. The minimum atomic E-state index is -0.250. The quantitative estimate of drug-likeness (QED) is 0.495. The highest BCUT2D eigenvalue weighted by molar-refractivity contribution is 5.99. The second kappa shape index (κ2) is 10.3. The normalized spacial score (nSPS) is 10.2. The number of benzene rings is 2. The van der Waals surface area contributed by atoms with Gasteiger partial charge in [0.25, 0.3) is 0 Å². The predicted molar refractivity (Wildman–Crippen MR) is 117 cm³/mol. The minimum Gasteiger partial charge on any atom is -0.497 e. The summed E-state index contributed by atoms with van der Waals surface area (Å²) in [5.41, 5.74) is 5.04. The molecule has 0 unspecified atom stereocenters. The van der Waals surface area contributed by atoms with Gasteiger partial charge in [-0.3, -0.25) is 9.78 Å². The Morgan fingerprint density at radius 2 is 1.33 bits per heavy atom. The summed E-state index contributed by atoms with van der Waals surface area (Å²) >= 11 is 0. The Morgan fingerprint density at radius 1 is 0.767 bits per heavy atom. The number of hydrogen-bond acceptors (Lipinski definition) is 5. The molecule has 0 aliphatic carbocycles. The number of ether oxygens (including phenoxy) is 3. The Kier molecular flexibility index (Phi) is 7.22. The molecule has 5 nitrogen and oxygen atoms in total. The van der Waals surface area contributed by atoms with Crippen molar-refractivity contribution >= 4 is 17.1 Å². The monoisotopic (exact) mass is 403 g/mol. The van der Waals surface area contributed by atoms with E-state index in [9.17, 15) is 4.79 Å². The van der Waals surface area contributed by atoms with E-state index in [2.05, 4.69) is 4.98 Å². The topological polar surface area (TPSA) is 57.7 Å². The third-order valence-electron chi connectivity index (χ3n) is 4.88. The SMILES string of the molecule is COC(=O)CCC(=C(c1ccc(OC)cc1)c1ccc(OC)cc1)c1cccnc1. The van der Waals surface area contributed by atoms with Gasteiger partial charge in [-0.1, -0.05) is 30.3 Å². The zero-order valence-corrected chi connectivity index (χ0v) is 17.4. The third kappa shape index (κ3) is 5.06. The third-order valence-corrected chi connectivity index (χ3v) is 4.88. The lowest BCUT2D eigenvalue weighted by atomic mass is 9.87. The molecule has 0 atom stereocenters. The van der Waals surface area contributed by atoms with E-state index in [0.29, 0.717) is 6.42 Å². The molecule has 30 heavy (non-hydrogen) atoms. The van der Waals surface area contributed by atoms with E-state index >= 15 is 0 Å². The molecule has 0 amide bonds. The van der Waals surface area contributed by atoms with Crippen LogP contribution in [0, 0.1) is 0 Å². The lowest BCUT2D eigenvalue weighted by molar-refractivity contribution is -0.140. The van der Waals surface area contributed by atoms with E-state index in [4.69, 9.17) is 14.2 Å². The molecular formula is C25H25NO4. The fraction of sp³-hybridized carbons (Fsp3) is 0.200. The van der Waals surface area contributed by atoms with E-state index in [1.165, 1.54) is 7.11 Å². The van der Waals surface area contributed by atoms with E-state index < -0.39 is 0 Å². The number of methoxy groups -OCH3 is 3. The lowest BCUT2D eigenvalue weighted by Crippen LogP contribution is -2.03. The first kappa shape index (κ1) is 21.1. The molecule has 3 aromatic rings. The van der Waals surface area contributed by atoms with Crippen LogP contribution in [0.1, 0.15) is 29.5 Å². The van der Waals surface area contributed by atoms with Crippen molar-refractivity contribution in [2.45, 2.75) is 12.8 Å². The number of nitrogens with zero attached hydrogens (tertiary/aromatic N) is 1. The Bertz CT molecular complexity index is 944. The van der Waals surface area contributed by atoms with Gasteiger partial charge in [-0.2, -0.15) is 0 Å². The summed E-state index contributed by atoms with van der Waals surface area (Å²) < 4.78 is 15.5. The molecule has 154 valence electrons. The molecule has 1 heterocycles. The largest absolute Gasteiger partial charge is 0.497 e. The molecule has 0 bridgehead atoms.